The number of aryl methyl sites for hydroxylation is 1. The van der Waals surface area contributed by atoms with Crippen LogP contribution < -0.4 is 14.8 Å². The van der Waals surface area contributed by atoms with E-state index in [9.17, 15) is 13.2 Å². The number of ether oxygens (including phenoxy) is 1. The lowest BCUT2D eigenvalue weighted by Gasteiger charge is -2.09. The lowest BCUT2D eigenvalue weighted by molar-refractivity contribution is 0.0924. The van der Waals surface area contributed by atoms with Crippen LogP contribution in [0, 0.1) is 6.92 Å². The summed E-state index contributed by atoms with van der Waals surface area (Å²) in [6.45, 7) is 1.75. The largest absolute Gasteiger partial charge is 0.497 e. The number of hydrogen-bond donors (Lipinski definition) is 2. The van der Waals surface area contributed by atoms with Crippen LogP contribution in [-0.4, -0.2) is 27.5 Å². The lowest BCUT2D eigenvalue weighted by Crippen LogP contribution is -2.25. The van der Waals surface area contributed by atoms with Gasteiger partial charge in [-0.05, 0) is 62.2 Å². The molecule has 1 aliphatic rings. The Morgan fingerprint density at radius 3 is 2.50 bits per heavy atom. The zero-order chi connectivity index (χ0) is 19.9. The second kappa shape index (κ2) is 6.87. The van der Waals surface area contributed by atoms with E-state index >= 15 is 0 Å². The first-order valence-electron chi connectivity index (χ1n) is 8.88. The van der Waals surface area contributed by atoms with Crippen molar-refractivity contribution in [2.75, 3.05) is 11.8 Å². The highest BCUT2D eigenvalue weighted by molar-refractivity contribution is 7.92. The van der Waals surface area contributed by atoms with Crippen molar-refractivity contribution in [3.8, 4) is 5.75 Å². The minimum atomic E-state index is -3.79. The molecule has 1 aromatic heterocycles. The number of rotatable bonds is 6. The molecule has 0 aliphatic heterocycles. The SMILES string of the molecule is COc1ccc(NS(=O)(=O)c2ccc3oc(C(=O)NC4CC4)c(C)c3c2)cc1. The molecule has 1 saturated carbocycles. The number of amides is 1. The van der Waals surface area contributed by atoms with E-state index in [4.69, 9.17) is 9.15 Å². The number of anilines is 1. The van der Waals surface area contributed by atoms with Crippen LogP contribution in [0.5, 0.6) is 5.75 Å². The molecule has 146 valence electrons. The third kappa shape index (κ3) is 3.55. The smallest absolute Gasteiger partial charge is 0.287 e. The van der Waals surface area contributed by atoms with Crippen molar-refractivity contribution < 1.29 is 22.4 Å². The van der Waals surface area contributed by atoms with Crippen molar-refractivity contribution in [3.63, 3.8) is 0 Å². The van der Waals surface area contributed by atoms with Crippen LogP contribution in [0.2, 0.25) is 0 Å². The van der Waals surface area contributed by atoms with Crippen LogP contribution in [0.3, 0.4) is 0 Å². The highest BCUT2D eigenvalue weighted by atomic mass is 32.2. The Morgan fingerprint density at radius 1 is 1.14 bits per heavy atom. The summed E-state index contributed by atoms with van der Waals surface area (Å²) in [5, 5.41) is 3.48. The van der Waals surface area contributed by atoms with Gasteiger partial charge in [0.25, 0.3) is 15.9 Å². The Balaban J connectivity index is 1.63. The highest BCUT2D eigenvalue weighted by Crippen LogP contribution is 2.29. The molecule has 1 fully saturated rings. The van der Waals surface area contributed by atoms with Gasteiger partial charge in [0, 0.05) is 22.7 Å². The number of nitrogens with one attached hydrogen (secondary N) is 2. The Morgan fingerprint density at radius 2 is 1.86 bits per heavy atom. The van der Waals surface area contributed by atoms with E-state index in [-0.39, 0.29) is 22.6 Å². The zero-order valence-corrected chi connectivity index (χ0v) is 16.3. The monoisotopic (exact) mass is 400 g/mol. The van der Waals surface area contributed by atoms with Gasteiger partial charge in [0.1, 0.15) is 11.3 Å². The number of carbonyl (C=O) groups is 1. The second-order valence-electron chi connectivity index (χ2n) is 6.80. The van der Waals surface area contributed by atoms with Crippen molar-refractivity contribution in [1.29, 1.82) is 0 Å². The van der Waals surface area contributed by atoms with Gasteiger partial charge < -0.3 is 14.5 Å². The van der Waals surface area contributed by atoms with Crippen LogP contribution >= 0.6 is 0 Å². The summed E-state index contributed by atoms with van der Waals surface area (Å²) in [6.07, 6.45) is 1.95. The van der Waals surface area contributed by atoms with Crippen LogP contribution in [-0.2, 0) is 10.0 Å². The number of carbonyl (C=O) groups excluding carboxylic acids is 1. The summed E-state index contributed by atoms with van der Waals surface area (Å²) in [7, 11) is -2.25. The summed E-state index contributed by atoms with van der Waals surface area (Å²) in [4.78, 5) is 12.4. The van der Waals surface area contributed by atoms with E-state index in [1.807, 2.05) is 0 Å². The van der Waals surface area contributed by atoms with Gasteiger partial charge in [-0.2, -0.15) is 0 Å². The molecule has 2 aromatic carbocycles. The Kier molecular flexibility index (Phi) is 4.50. The maximum atomic E-state index is 12.8. The fourth-order valence-electron chi connectivity index (χ4n) is 2.94. The average Bonchev–Trinajstić information content (AvgIpc) is 3.43. The highest BCUT2D eigenvalue weighted by Gasteiger charge is 2.27. The van der Waals surface area contributed by atoms with Gasteiger partial charge in [0.15, 0.2) is 5.76 Å². The first-order chi connectivity index (χ1) is 13.4. The Bertz CT molecular complexity index is 1150. The van der Waals surface area contributed by atoms with Gasteiger partial charge in [0.2, 0.25) is 0 Å². The molecule has 0 atom stereocenters. The number of furan rings is 1. The van der Waals surface area contributed by atoms with E-state index in [1.165, 1.54) is 12.1 Å². The minimum absolute atomic E-state index is 0.0915. The average molecular weight is 400 g/mol. The summed E-state index contributed by atoms with van der Waals surface area (Å²) in [5.41, 5.74) is 1.52. The minimum Gasteiger partial charge on any atom is -0.497 e. The zero-order valence-electron chi connectivity index (χ0n) is 15.5. The third-order valence-corrected chi connectivity index (χ3v) is 6.06. The first kappa shape index (κ1) is 18.4. The molecule has 28 heavy (non-hydrogen) atoms. The number of benzene rings is 2. The molecule has 2 N–H and O–H groups in total. The number of hydrogen-bond acceptors (Lipinski definition) is 5. The normalized spacial score (nSPS) is 14.1. The lowest BCUT2D eigenvalue weighted by atomic mass is 10.1. The third-order valence-electron chi connectivity index (χ3n) is 4.68. The molecule has 0 spiro atoms. The van der Waals surface area contributed by atoms with Crippen molar-refractivity contribution in [3.05, 3.63) is 53.8 Å². The maximum absolute atomic E-state index is 12.8. The molecule has 4 rings (SSSR count). The molecule has 3 aromatic rings. The van der Waals surface area contributed by atoms with Gasteiger partial charge in [-0.3, -0.25) is 9.52 Å². The molecule has 0 bridgehead atoms. The molecule has 0 unspecified atom stereocenters. The molecule has 1 aliphatic carbocycles. The van der Waals surface area contributed by atoms with Gasteiger partial charge in [-0.1, -0.05) is 0 Å². The first-order valence-corrected chi connectivity index (χ1v) is 10.4. The predicted octanol–water partition coefficient (Wildman–Crippen LogP) is 3.44. The van der Waals surface area contributed by atoms with Crippen molar-refractivity contribution >= 4 is 32.6 Å². The molecule has 1 amide bonds. The van der Waals surface area contributed by atoms with E-state index in [2.05, 4.69) is 10.0 Å². The van der Waals surface area contributed by atoms with Crippen LogP contribution in [0.1, 0.15) is 29.0 Å². The quantitative estimate of drug-likeness (QED) is 0.661. The summed E-state index contributed by atoms with van der Waals surface area (Å²) < 4.78 is 38.8. The predicted molar refractivity (Wildman–Crippen MR) is 105 cm³/mol. The number of sulfonamides is 1. The second-order valence-corrected chi connectivity index (χ2v) is 8.48. The number of fused-ring (bicyclic) bond motifs is 1. The fourth-order valence-corrected chi connectivity index (χ4v) is 4.02. The van der Waals surface area contributed by atoms with Crippen LogP contribution in [0.25, 0.3) is 11.0 Å². The van der Waals surface area contributed by atoms with Crippen LogP contribution in [0.15, 0.2) is 51.8 Å². The maximum Gasteiger partial charge on any atom is 0.287 e. The number of methoxy groups -OCH3 is 1. The summed E-state index contributed by atoms with van der Waals surface area (Å²) >= 11 is 0. The molecule has 8 heteroatoms. The van der Waals surface area contributed by atoms with Crippen molar-refractivity contribution in [2.45, 2.75) is 30.7 Å². The van der Waals surface area contributed by atoms with E-state index in [0.717, 1.165) is 12.8 Å². The topological polar surface area (TPSA) is 97.6 Å². The van der Waals surface area contributed by atoms with Crippen molar-refractivity contribution in [1.82, 2.24) is 5.32 Å². The molecule has 0 radical (unpaired) electrons. The molecular weight excluding hydrogens is 380 g/mol. The van der Waals surface area contributed by atoms with Crippen molar-refractivity contribution in [2.24, 2.45) is 0 Å². The van der Waals surface area contributed by atoms with Gasteiger partial charge in [0.05, 0.1) is 12.0 Å². The van der Waals surface area contributed by atoms with Gasteiger partial charge in [-0.15, -0.1) is 0 Å². The molecular formula is C20H20N2O5S. The van der Waals surface area contributed by atoms with Gasteiger partial charge >= 0.3 is 0 Å². The molecule has 0 saturated heterocycles. The summed E-state index contributed by atoms with van der Waals surface area (Å²) in [6, 6.07) is 11.4. The van der Waals surface area contributed by atoms with Crippen LogP contribution in [0.4, 0.5) is 5.69 Å². The summed E-state index contributed by atoms with van der Waals surface area (Å²) in [5.74, 6) is 0.590. The van der Waals surface area contributed by atoms with E-state index in [1.54, 1.807) is 44.4 Å². The van der Waals surface area contributed by atoms with E-state index < -0.39 is 10.0 Å². The van der Waals surface area contributed by atoms with E-state index in [0.29, 0.717) is 28.0 Å². The molecule has 1 heterocycles. The standard InChI is InChI=1S/C20H20N2O5S/c1-12-17-11-16(28(24,25)22-14-5-7-15(26-2)8-6-14)9-10-18(17)27-19(12)20(23)21-13-3-4-13/h5-11,13,22H,3-4H2,1-2H3,(H,21,23). The Labute approximate surface area is 162 Å². The van der Waals surface area contributed by atoms with Gasteiger partial charge in [-0.25, -0.2) is 8.42 Å². The Hall–Kier alpha value is -3.00. The molecule has 7 nitrogen and oxygen atoms in total. The fraction of sp³-hybridized carbons (Fsp3) is 0.250.